The van der Waals surface area contributed by atoms with E-state index in [1.807, 2.05) is 61.5 Å². The van der Waals surface area contributed by atoms with Gasteiger partial charge in [-0.3, -0.25) is 4.79 Å². The van der Waals surface area contributed by atoms with Crippen LogP contribution in [0.2, 0.25) is 0 Å². The van der Waals surface area contributed by atoms with Crippen LogP contribution >= 0.6 is 0 Å². The maximum atomic E-state index is 12.2. The highest BCUT2D eigenvalue weighted by molar-refractivity contribution is 5.96. The zero-order valence-electron chi connectivity index (χ0n) is 12.9. The van der Waals surface area contributed by atoms with Gasteiger partial charge in [-0.25, -0.2) is 0 Å². The molecule has 0 fully saturated rings. The Hall–Kier alpha value is -2.17. The summed E-state index contributed by atoms with van der Waals surface area (Å²) in [5.41, 5.74) is 3.62. The summed E-state index contributed by atoms with van der Waals surface area (Å²) in [6.45, 7) is 4.01. The Morgan fingerprint density at radius 1 is 1.18 bits per heavy atom. The first kappa shape index (κ1) is 16.2. The molecule has 4 heteroatoms. The van der Waals surface area contributed by atoms with Gasteiger partial charge in [0.05, 0.1) is 0 Å². The van der Waals surface area contributed by atoms with E-state index in [1.54, 1.807) is 6.07 Å². The monoisotopic (exact) mass is 297 g/mol. The lowest BCUT2D eigenvalue weighted by atomic mass is 9.98. The van der Waals surface area contributed by atoms with Crippen molar-refractivity contribution in [3.63, 3.8) is 0 Å². The van der Waals surface area contributed by atoms with Gasteiger partial charge >= 0.3 is 0 Å². The smallest absolute Gasteiger partial charge is 0.253 e. The molecule has 2 aromatic rings. The lowest BCUT2D eigenvalue weighted by Crippen LogP contribution is -2.33. The van der Waals surface area contributed by atoms with Crippen LogP contribution in [0.5, 0.6) is 0 Å². The van der Waals surface area contributed by atoms with Crippen molar-refractivity contribution in [3.05, 3.63) is 66.6 Å². The third-order valence-corrected chi connectivity index (χ3v) is 3.24. The standard InChI is InChI=1S/C18H21N2O2/c1-13(21)19-18(22)17-10-9-15(11-16(17)12-20(2)3)14-7-5-4-6-8-14/h4-11,13,21H,1,12H2,2-3H3,(H,19,22). The quantitative estimate of drug-likeness (QED) is 0.833. The number of hydrogen-bond donors (Lipinski definition) is 2. The number of amides is 1. The minimum Gasteiger partial charge on any atom is -0.374 e. The molecule has 2 N–H and O–H groups in total. The molecule has 0 saturated carbocycles. The molecule has 1 amide bonds. The zero-order valence-corrected chi connectivity index (χ0v) is 12.9. The first-order valence-corrected chi connectivity index (χ1v) is 7.12. The Bertz CT molecular complexity index is 637. The van der Waals surface area contributed by atoms with Crippen LogP contribution < -0.4 is 5.32 Å². The molecule has 115 valence electrons. The normalized spacial score (nSPS) is 12.2. The van der Waals surface area contributed by atoms with E-state index in [9.17, 15) is 9.90 Å². The average Bonchev–Trinajstić information content (AvgIpc) is 2.46. The molecule has 22 heavy (non-hydrogen) atoms. The number of carbonyl (C=O) groups is 1. The molecule has 4 nitrogen and oxygen atoms in total. The van der Waals surface area contributed by atoms with Gasteiger partial charge in [0.2, 0.25) is 0 Å². The highest BCUT2D eigenvalue weighted by Gasteiger charge is 2.14. The number of hydrogen-bond acceptors (Lipinski definition) is 3. The molecular weight excluding hydrogens is 276 g/mol. The number of aliphatic hydroxyl groups excluding tert-OH is 1. The van der Waals surface area contributed by atoms with Crippen molar-refractivity contribution in [2.24, 2.45) is 0 Å². The Kier molecular flexibility index (Phi) is 5.31. The summed E-state index contributed by atoms with van der Waals surface area (Å²) >= 11 is 0. The van der Waals surface area contributed by atoms with Crippen molar-refractivity contribution < 1.29 is 9.90 Å². The van der Waals surface area contributed by atoms with E-state index in [2.05, 4.69) is 12.2 Å². The van der Waals surface area contributed by atoms with E-state index in [-0.39, 0.29) is 5.91 Å². The van der Waals surface area contributed by atoms with E-state index in [0.29, 0.717) is 12.1 Å². The Morgan fingerprint density at radius 3 is 2.45 bits per heavy atom. The fraction of sp³-hybridized carbons (Fsp3) is 0.222. The van der Waals surface area contributed by atoms with Gasteiger partial charge in [0.25, 0.3) is 5.91 Å². The fourth-order valence-electron chi connectivity index (χ4n) is 2.33. The van der Waals surface area contributed by atoms with Crippen LogP contribution in [0.4, 0.5) is 0 Å². The Balaban J connectivity index is 2.40. The van der Waals surface area contributed by atoms with Gasteiger partial charge in [-0.15, -0.1) is 0 Å². The van der Waals surface area contributed by atoms with Crippen molar-refractivity contribution >= 4 is 5.91 Å². The molecule has 1 unspecified atom stereocenters. The van der Waals surface area contributed by atoms with E-state index in [1.165, 1.54) is 0 Å². The topological polar surface area (TPSA) is 52.6 Å². The maximum absolute atomic E-state index is 12.2. The molecule has 0 aliphatic carbocycles. The summed E-state index contributed by atoms with van der Waals surface area (Å²) in [4.78, 5) is 14.2. The minimum atomic E-state index is -1.12. The number of aliphatic hydroxyl groups is 1. The molecule has 0 aliphatic heterocycles. The SMILES string of the molecule is [CH2]C(O)NC(=O)c1ccc(-c2ccccc2)cc1CN(C)C. The molecule has 1 radical (unpaired) electrons. The van der Waals surface area contributed by atoms with Crippen LogP contribution in [0, 0.1) is 6.92 Å². The largest absolute Gasteiger partial charge is 0.374 e. The van der Waals surface area contributed by atoms with Crippen molar-refractivity contribution in [3.8, 4) is 11.1 Å². The van der Waals surface area contributed by atoms with E-state index >= 15 is 0 Å². The van der Waals surface area contributed by atoms with Crippen molar-refractivity contribution in [2.75, 3.05) is 14.1 Å². The Labute approximate surface area is 131 Å². The highest BCUT2D eigenvalue weighted by atomic mass is 16.3. The minimum absolute atomic E-state index is 0.320. The molecule has 2 aromatic carbocycles. The number of nitrogens with one attached hydrogen (secondary N) is 1. The summed E-state index contributed by atoms with van der Waals surface area (Å²) in [5, 5.41) is 11.7. The summed E-state index contributed by atoms with van der Waals surface area (Å²) in [5.74, 6) is -0.320. The number of rotatable bonds is 5. The zero-order chi connectivity index (χ0) is 16.1. The molecule has 0 spiro atoms. The van der Waals surface area contributed by atoms with Gasteiger partial charge in [0, 0.05) is 12.1 Å². The highest BCUT2D eigenvalue weighted by Crippen LogP contribution is 2.23. The second-order valence-corrected chi connectivity index (χ2v) is 5.46. The molecule has 2 rings (SSSR count). The summed E-state index contributed by atoms with van der Waals surface area (Å²) in [6, 6.07) is 15.7. The van der Waals surface area contributed by atoms with Crippen LogP contribution in [0.25, 0.3) is 11.1 Å². The van der Waals surface area contributed by atoms with Crippen molar-refractivity contribution in [1.29, 1.82) is 0 Å². The summed E-state index contributed by atoms with van der Waals surface area (Å²) < 4.78 is 0. The van der Waals surface area contributed by atoms with E-state index < -0.39 is 6.23 Å². The lowest BCUT2D eigenvalue weighted by molar-refractivity contribution is 0.0850. The first-order valence-electron chi connectivity index (χ1n) is 7.12. The second-order valence-electron chi connectivity index (χ2n) is 5.46. The molecular formula is C18H21N2O2. The third kappa shape index (κ3) is 4.16. The van der Waals surface area contributed by atoms with Crippen LogP contribution in [0.3, 0.4) is 0 Å². The lowest BCUT2D eigenvalue weighted by Gasteiger charge is -2.16. The van der Waals surface area contributed by atoms with Gasteiger partial charge < -0.3 is 15.3 Å². The van der Waals surface area contributed by atoms with Gasteiger partial charge in [-0.2, -0.15) is 0 Å². The molecule has 0 aliphatic rings. The van der Waals surface area contributed by atoms with Gasteiger partial charge in [-0.05, 0) is 49.8 Å². The van der Waals surface area contributed by atoms with Gasteiger partial charge in [0.1, 0.15) is 6.23 Å². The fourth-order valence-corrected chi connectivity index (χ4v) is 2.33. The average molecular weight is 297 g/mol. The van der Waals surface area contributed by atoms with Crippen molar-refractivity contribution in [1.82, 2.24) is 10.2 Å². The number of carbonyl (C=O) groups excluding carboxylic acids is 1. The number of benzene rings is 2. The predicted molar refractivity (Wildman–Crippen MR) is 88.1 cm³/mol. The maximum Gasteiger partial charge on any atom is 0.253 e. The third-order valence-electron chi connectivity index (χ3n) is 3.24. The van der Waals surface area contributed by atoms with Gasteiger partial charge in [-0.1, -0.05) is 36.4 Å². The predicted octanol–water partition coefficient (Wildman–Crippen LogP) is 2.30. The summed E-state index contributed by atoms with van der Waals surface area (Å²) in [7, 11) is 3.90. The van der Waals surface area contributed by atoms with E-state index in [4.69, 9.17) is 0 Å². The second kappa shape index (κ2) is 7.20. The van der Waals surface area contributed by atoms with Gasteiger partial charge in [0.15, 0.2) is 0 Å². The molecule has 1 atom stereocenters. The Morgan fingerprint density at radius 2 is 1.86 bits per heavy atom. The van der Waals surface area contributed by atoms with Crippen LogP contribution in [-0.2, 0) is 6.54 Å². The molecule has 0 bridgehead atoms. The van der Waals surface area contributed by atoms with Crippen LogP contribution in [0.1, 0.15) is 15.9 Å². The molecule has 0 saturated heterocycles. The van der Waals surface area contributed by atoms with Crippen molar-refractivity contribution in [2.45, 2.75) is 12.8 Å². The first-order chi connectivity index (χ1) is 10.5. The van der Waals surface area contributed by atoms with Crippen LogP contribution in [-0.4, -0.2) is 36.2 Å². The molecule has 0 heterocycles. The molecule has 0 aromatic heterocycles. The summed E-state index contributed by atoms with van der Waals surface area (Å²) in [6.07, 6.45) is -1.12. The van der Waals surface area contributed by atoms with E-state index in [0.717, 1.165) is 16.7 Å². The number of nitrogens with zero attached hydrogens (tertiary/aromatic N) is 1. The van der Waals surface area contributed by atoms with Crippen LogP contribution in [0.15, 0.2) is 48.5 Å².